The summed E-state index contributed by atoms with van der Waals surface area (Å²) < 4.78 is 12.9. The van der Waals surface area contributed by atoms with Gasteiger partial charge in [-0.1, -0.05) is 19.8 Å². The van der Waals surface area contributed by atoms with Crippen LogP contribution in [0.15, 0.2) is 12.3 Å². The Kier molecular flexibility index (Phi) is 8.11. The predicted molar refractivity (Wildman–Crippen MR) is 140 cm³/mol. The number of carbonyl (C=O) groups excluding carboxylic acids is 1. The largest absolute Gasteiger partial charge is 0.383 e. The van der Waals surface area contributed by atoms with Gasteiger partial charge in [-0.2, -0.15) is 0 Å². The zero-order valence-electron chi connectivity index (χ0n) is 22.2. The highest BCUT2D eigenvalue weighted by Crippen LogP contribution is 2.42. The van der Waals surface area contributed by atoms with Crippen LogP contribution in [0.2, 0.25) is 0 Å². The van der Waals surface area contributed by atoms with Crippen LogP contribution in [0, 0.1) is 11.8 Å². The van der Waals surface area contributed by atoms with Crippen LogP contribution >= 0.6 is 0 Å². The maximum absolute atomic E-state index is 13.0. The standard InChI is InChI=1S/C28H43N5O3/c1-19-4-6-22(7-5-19)25-16-24(26-17-29-28(31-33(25)26)30-20(2)18-35-3)21-8-10-23(11-9-21)27(34)32-12-14-36-15-13-32/h16-17,19-23H,4-15,18H2,1-3H3,(H,30,31)/t19?,20-,21?,22?,23?/m0/s1. The van der Waals surface area contributed by atoms with Crippen molar-refractivity contribution >= 4 is 17.4 Å². The van der Waals surface area contributed by atoms with E-state index in [0.717, 1.165) is 50.2 Å². The molecule has 1 amide bonds. The normalized spacial score (nSPS) is 28.2. The minimum atomic E-state index is 0.140. The van der Waals surface area contributed by atoms with Crippen LogP contribution in [0.1, 0.15) is 88.3 Å². The van der Waals surface area contributed by atoms with Gasteiger partial charge in [-0.15, -0.1) is 5.10 Å². The van der Waals surface area contributed by atoms with Crippen LogP contribution in [0.5, 0.6) is 0 Å². The molecule has 2 saturated carbocycles. The zero-order valence-corrected chi connectivity index (χ0v) is 22.2. The lowest BCUT2D eigenvalue weighted by Crippen LogP contribution is -2.44. The van der Waals surface area contributed by atoms with Crippen molar-refractivity contribution in [3.8, 4) is 0 Å². The Hall–Kier alpha value is -2.19. The third kappa shape index (κ3) is 5.54. The van der Waals surface area contributed by atoms with Gasteiger partial charge in [0.25, 0.3) is 0 Å². The third-order valence-electron chi connectivity index (χ3n) is 8.64. The molecule has 8 nitrogen and oxygen atoms in total. The van der Waals surface area contributed by atoms with E-state index < -0.39 is 0 Å². The minimum Gasteiger partial charge on any atom is -0.383 e. The number of carbonyl (C=O) groups is 1. The number of nitrogens with one attached hydrogen (secondary N) is 1. The van der Waals surface area contributed by atoms with E-state index in [-0.39, 0.29) is 12.0 Å². The number of morpholine rings is 1. The molecule has 3 fully saturated rings. The van der Waals surface area contributed by atoms with Gasteiger partial charge in [0.2, 0.25) is 11.9 Å². The highest BCUT2D eigenvalue weighted by molar-refractivity contribution is 5.79. The smallest absolute Gasteiger partial charge is 0.241 e. The monoisotopic (exact) mass is 497 g/mol. The Balaban J connectivity index is 1.36. The highest BCUT2D eigenvalue weighted by Gasteiger charge is 2.33. The first-order valence-electron chi connectivity index (χ1n) is 14.0. The Morgan fingerprint density at radius 1 is 1.11 bits per heavy atom. The van der Waals surface area contributed by atoms with Crippen LogP contribution in [0.3, 0.4) is 0 Å². The number of amides is 1. The van der Waals surface area contributed by atoms with Crippen molar-refractivity contribution in [2.45, 2.75) is 83.1 Å². The molecular formula is C28H43N5O3. The number of fused-ring (bicyclic) bond motifs is 1. The number of rotatable bonds is 7. The lowest BCUT2D eigenvalue weighted by Gasteiger charge is -2.34. The van der Waals surface area contributed by atoms with Crippen molar-refractivity contribution in [2.75, 3.05) is 45.3 Å². The molecule has 3 aliphatic rings. The first kappa shape index (κ1) is 25.5. The molecule has 2 aromatic rings. The summed E-state index contributed by atoms with van der Waals surface area (Å²) in [7, 11) is 1.71. The van der Waals surface area contributed by atoms with Crippen molar-refractivity contribution in [1.29, 1.82) is 0 Å². The molecule has 0 aromatic carbocycles. The summed E-state index contributed by atoms with van der Waals surface area (Å²) in [6.07, 6.45) is 11.0. The van der Waals surface area contributed by atoms with Crippen LogP contribution in [-0.2, 0) is 14.3 Å². The van der Waals surface area contributed by atoms with E-state index in [1.165, 1.54) is 36.9 Å². The average molecular weight is 498 g/mol. The van der Waals surface area contributed by atoms with Gasteiger partial charge < -0.3 is 19.7 Å². The summed E-state index contributed by atoms with van der Waals surface area (Å²) in [5.41, 5.74) is 3.84. The summed E-state index contributed by atoms with van der Waals surface area (Å²) >= 11 is 0. The highest BCUT2D eigenvalue weighted by atomic mass is 16.5. The molecule has 36 heavy (non-hydrogen) atoms. The van der Waals surface area contributed by atoms with E-state index in [9.17, 15) is 4.79 Å². The third-order valence-corrected chi connectivity index (χ3v) is 8.64. The molecular weight excluding hydrogens is 454 g/mol. The summed E-state index contributed by atoms with van der Waals surface area (Å²) in [6, 6.07) is 2.57. The van der Waals surface area contributed by atoms with Crippen LogP contribution in [0.4, 0.5) is 5.95 Å². The van der Waals surface area contributed by atoms with Gasteiger partial charge in [0.15, 0.2) is 0 Å². The molecule has 8 heteroatoms. The second kappa shape index (κ2) is 11.5. The predicted octanol–water partition coefficient (Wildman–Crippen LogP) is 4.60. The molecule has 198 valence electrons. The first-order valence-corrected chi connectivity index (χ1v) is 14.0. The van der Waals surface area contributed by atoms with Crippen LogP contribution in [0.25, 0.3) is 5.52 Å². The Labute approximate surface area is 215 Å². The quantitative estimate of drug-likeness (QED) is 0.602. The van der Waals surface area contributed by atoms with Crippen LogP contribution < -0.4 is 5.32 Å². The minimum absolute atomic E-state index is 0.140. The number of hydrogen-bond donors (Lipinski definition) is 1. The maximum atomic E-state index is 13.0. The molecule has 1 saturated heterocycles. The van der Waals surface area contributed by atoms with E-state index in [0.29, 0.717) is 43.5 Å². The van der Waals surface area contributed by atoms with Gasteiger partial charge in [0.05, 0.1) is 31.5 Å². The number of methoxy groups -OCH3 is 1. The summed E-state index contributed by atoms with van der Waals surface area (Å²) in [6.45, 7) is 7.88. The SMILES string of the molecule is COC[C@H](C)Nc1ncc2c(C3CCC(C(=O)N4CCOCC4)CC3)cc(C3CCC(C)CC3)n2n1. The number of nitrogens with zero attached hydrogens (tertiary/aromatic N) is 4. The fourth-order valence-corrected chi connectivity index (χ4v) is 6.48. The van der Waals surface area contributed by atoms with Crippen molar-refractivity contribution < 1.29 is 14.3 Å². The number of hydrogen-bond acceptors (Lipinski definition) is 6. The summed E-state index contributed by atoms with van der Waals surface area (Å²) in [5, 5.41) is 8.37. The zero-order chi connectivity index (χ0) is 25.1. The van der Waals surface area contributed by atoms with Crippen LogP contribution in [-0.4, -0.2) is 71.5 Å². The number of anilines is 1. The van der Waals surface area contributed by atoms with Crippen molar-refractivity contribution in [3.05, 3.63) is 23.5 Å². The van der Waals surface area contributed by atoms with Gasteiger partial charge in [-0.3, -0.25) is 4.79 Å². The Morgan fingerprint density at radius 2 is 1.81 bits per heavy atom. The van der Waals surface area contributed by atoms with Gasteiger partial charge in [0.1, 0.15) is 0 Å². The molecule has 2 aliphatic carbocycles. The molecule has 1 atom stereocenters. The average Bonchev–Trinajstić information content (AvgIpc) is 3.28. The molecule has 2 aromatic heterocycles. The molecule has 5 rings (SSSR count). The van der Waals surface area contributed by atoms with Crippen molar-refractivity contribution in [1.82, 2.24) is 19.5 Å². The number of ether oxygens (including phenoxy) is 2. The molecule has 1 aliphatic heterocycles. The van der Waals surface area contributed by atoms with E-state index in [1.807, 2.05) is 11.1 Å². The van der Waals surface area contributed by atoms with Crippen molar-refractivity contribution in [3.63, 3.8) is 0 Å². The van der Waals surface area contributed by atoms with Gasteiger partial charge >= 0.3 is 0 Å². The number of aromatic nitrogens is 3. The lowest BCUT2D eigenvalue weighted by atomic mass is 9.77. The topological polar surface area (TPSA) is 81.0 Å². The molecule has 0 spiro atoms. The van der Waals surface area contributed by atoms with E-state index in [1.54, 1.807) is 7.11 Å². The summed E-state index contributed by atoms with van der Waals surface area (Å²) in [4.78, 5) is 19.7. The fraction of sp³-hybridized carbons (Fsp3) is 0.750. The molecule has 0 bridgehead atoms. The molecule has 0 radical (unpaired) electrons. The first-order chi connectivity index (χ1) is 17.5. The molecule has 3 heterocycles. The van der Waals surface area contributed by atoms with Gasteiger partial charge in [-0.25, -0.2) is 9.50 Å². The van der Waals surface area contributed by atoms with Crippen molar-refractivity contribution in [2.24, 2.45) is 11.8 Å². The molecule has 1 N–H and O–H groups in total. The molecule has 0 unspecified atom stereocenters. The maximum Gasteiger partial charge on any atom is 0.241 e. The van der Waals surface area contributed by atoms with E-state index in [2.05, 4.69) is 34.7 Å². The fourth-order valence-electron chi connectivity index (χ4n) is 6.48. The second-order valence-electron chi connectivity index (χ2n) is 11.3. The Bertz CT molecular complexity index is 1020. The van der Waals surface area contributed by atoms with Gasteiger partial charge in [-0.05, 0) is 68.9 Å². The lowest BCUT2D eigenvalue weighted by molar-refractivity contribution is -0.140. The second-order valence-corrected chi connectivity index (χ2v) is 11.3. The van der Waals surface area contributed by atoms with E-state index >= 15 is 0 Å². The Morgan fingerprint density at radius 3 is 2.50 bits per heavy atom. The summed E-state index contributed by atoms with van der Waals surface area (Å²) in [5.74, 6) is 2.95. The van der Waals surface area contributed by atoms with Gasteiger partial charge in [0, 0.05) is 43.8 Å². The van der Waals surface area contributed by atoms with E-state index in [4.69, 9.17) is 14.6 Å².